The SMILES string of the molecule is CCC(CO)(c1cccc(F)c1)N1CCNCC1. The average molecular weight is 252 g/mol. The van der Waals surface area contributed by atoms with Crippen molar-refractivity contribution in [2.45, 2.75) is 18.9 Å². The van der Waals surface area contributed by atoms with Crippen molar-refractivity contribution in [3.05, 3.63) is 35.6 Å². The second-order valence-corrected chi connectivity index (χ2v) is 4.79. The van der Waals surface area contributed by atoms with Gasteiger partial charge in [-0.1, -0.05) is 19.1 Å². The monoisotopic (exact) mass is 252 g/mol. The topological polar surface area (TPSA) is 35.5 Å². The Balaban J connectivity index is 2.35. The van der Waals surface area contributed by atoms with Crippen molar-refractivity contribution < 1.29 is 9.50 Å². The zero-order chi connectivity index (χ0) is 13.0. The quantitative estimate of drug-likeness (QED) is 0.848. The smallest absolute Gasteiger partial charge is 0.123 e. The Labute approximate surface area is 108 Å². The van der Waals surface area contributed by atoms with Crippen LogP contribution in [0.4, 0.5) is 4.39 Å². The molecule has 100 valence electrons. The van der Waals surface area contributed by atoms with Crippen LogP contribution >= 0.6 is 0 Å². The molecule has 0 bridgehead atoms. The van der Waals surface area contributed by atoms with Crippen molar-refractivity contribution >= 4 is 0 Å². The van der Waals surface area contributed by atoms with Crippen molar-refractivity contribution in [1.82, 2.24) is 10.2 Å². The first-order valence-corrected chi connectivity index (χ1v) is 6.55. The van der Waals surface area contributed by atoms with Gasteiger partial charge in [-0.05, 0) is 24.1 Å². The Hall–Kier alpha value is -0.970. The molecule has 0 aliphatic carbocycles. The van der Waals surface area contributed by atoms with Crippen molar-refractivity contribution in [2.24, 2.45) is 0 Å². The number of aliphatic hydroxyl groups is 1. The predicted octanol–water partition coefficient (Wildman–Crippen LogP) is 1.33. The average Bonchev–Trinajstić information content (AvgIpc) is 2.42. The highest BCUT2D eigenvalue weighted by Gasteiger charge is 2.37. The number of hydrogen-bond acceptors (Lipinski definition) is 3. The third kappa shape index (κ3) is 2.41. The molecular weight excluding hydrogens is 231 g/mol. The molecule has 1 heterocycles. The molecule has 1 aliphatic rings. The van der Waals surface area contributed by atoms with Crippen molar-refractivity contribution in [2.75, 3.05) is 32.8 Å². The second-order valence-electron chi connectivity index (χ2n) is 4.79. The Morgan fingerprint density at radius 2 is 2.11 bits per heavy atom. The van der Waals surface area contributed by atoms with Crippen molar-refractivity contribution in [3.63, 3.8) is 0 Å². The van der Waals surface area contributed by atoms with Crippen LogP contribution in [0.3, 0.4) is 0 Å². The molecule has 2 rings (SSSR count). The molecule has 1 saturated heterocycles. The zero-order valence-electron chi connectivity index (χ0n) is 10.8. The maximum atomic E-state index is 13.4. The largest absolute Gasteiger partial charge is 0.394 e. The van der Waals surface area contributed by atoms with E-state index >= 15 is 0 Å². The van der Waals surface area contributed by atoms with Gasteiger partial charge in [0.25, 0.3) is 0 Å². The third-order valence-electron chi connectivity index (χ3n) is 3.93. The molecule has 0 amide bonds. The number of nitrogens with one attached hydrogen (secondary N) is 1. The molecule has 0 spiro atoms. The third-order valence-corrected chi connectivity index (χ3v) is 3.93. The molecule has 1 aromatic rings. The highest BCUT2D eigenvalue weighted by molar-refractivity contribution is 5.26. The maximum absolute atomic E-state index is 13.4. The summed E-state index contributed by atoms with van der Waals surface area (Å²) in [5.74, 6) is -0.242. The van der Waals surface area contributed by atoms with Crippen LogP contribution < -0.4 is 5.32 Å². The minimum absolute atomic E-state index is 0.0208. The van der Waals surface area contributed by atoms with Gasteiger partial charge < -0.3 is 10.4 Å². The minimum atomic E-state index is -0.454. The van der Waals surface area contributed by atoms with Gasteiger partial charge >= 0.3 is 0 Å². The molecule has 0 saturated carbocycles. The summed E-state index contributed by atoms with van der Waals surface area (Å²) in [5.41, 5.74) is 0.416. The fourth-order valence-electron chi connectivity index (χ4n) is 2.78. The zero-order valence-corrected chi connectivity index (χ0v) is 10.8. The summed E-state index contributed by atoms with van der Waals surface area (Å²) in [6, 6.07) is 6.61. The van der Waals surface area contributed by atoms with Gasteiger partial charge in [-0.15, -0.1) is 0 Å². The minimum Gasteiger partial charge on any atom is -0.394 e. The normalized spacial score (nSPS) is 20.6. The lowest BCUT2D eigenvalue weighted by atomic mass is 9.85. The fourth-order valence-corrected chi connectivity index (χ4v) is 2.78. The van der Waals surface area contributed by atoms with Crippen LogP contribution in [0, 0.1) is 5.82 Å². The number of rotatable bonds is 4. The standard InChI is InChI=1S/C14H21FN2O/c1-2-14(11-18,17-8-6-16-7-9-17)12-4-3-5-13(15)10-12/h3-5,10,16,18H,2,6-9,11H2,1H3. The molecule has 1 atom stereocenters. The molecule has 3 nitrogen and oxygen atoms in total. The lowest BCUT2D eigenvalue weighted by molar-refractivity contribution is 0.0136. The van der Waals surface area contributed by atoms with Crippen LogP contribution in [-0.4, -0.2) is 42.8 Å². The predicted molar refractivity (Wildman–Crippen MR) is 69.9 cm³/mol. The number of halogens is 1. The summed E-state index contributed by atoms with van der Waals surface area (Å²) < 4.78 is 13.4. The summed E-state index contributed by atoms with van der Waals surface area (Å²) in [6.45, 7) is 5.65. The molecule has 2 N–H and O–H groups in total. The molecule has 0 radical (unpaired) electrons. The van der Waals surface area contributed by atoms with E-state index in [-0.39, 0.29) is 12.4 Å². The number of aliphatic hydroxyl groups excluding tert-OH is 1. The lowest BCUT2D eigenvalue weighted by Crippen LogP contribution is -2.56. The molecule has 4 heteroatoms. The van der Waals surface area contributed by atoms with E-state index in [4.69, 9.17) is 0 Å². The Morgan fingerprint density at radius 1 is 1.39 bits per heavy atom. The van der Waals surface area contributed by atoms with E-state index in [0.717, 1.165) is 38.2 Å². The van der Waals surface area contributed by atoms with E-state index in [9.17, 15) is 9.50 Å². The van der Waals surface area contributed by atoms with Crippen LogP contribution in [0.5, 0.6) is 0 Å². The summed E-state index contributed by atoms with van der Waals surface area (Å²) in [6.07, 6.45) is 0.771. The van der Waals surface area contributed by atoms with Crippen LogP contribution in [0.1, 0.15) is 18.9 Å². The maximum Gasteiger partial charge on any atom is 0.123 e. The van der Waals surface area contributed by atoms with Crippen molar-refractivity contribution in [3.8, 4) is 0 Å². The first-order valence-electron chi connectivity index (χ1n) is 6.55. The molecular formula is C14H21FN2O. The van der Waals surface area contributed by atoms with E-state index in [2.05, 4.69) is 10.2 Å². The molecule has 1 fully saturated rings. The van der Waals surface area contributed by atoms with Gasteiger partial charge in [-0.2, -0.15) is 0 Å². The number of hydrogen-bond donors (Lipinski definition) is 2. The molecule has 1 aromatic carbocycles. The van der Waals surface area contributed by atoms with Gasteiger partial charge in [0.2, 0.25) is 0 Å². The van der Waals surface area contributed by atoms with E-state index in [1.165, 1.54) is 6.07 Å². The van der Waals surface area contributed by atoms with Crippen LogP contribution in [0.15, 0.2) is 24.3 Å². The van der Waals surface area contributed by atoms with Crippen LogP contribution in [0.25, 0.3) is 0 Å². The van der Waals surface area contributed by atoms with Crippen LogP contribution in [-0.2, 0) is 5.54 Å². The first-order chi connectivity index (χ1) is 8.73. The Bertz CT molecular complexity index is 387. The highest BCUT2D eigenvalue weighted by Crippen LogP contribution is 2.32. The van der Waals surface area contributed by atoms with Gasteiger partial charge in [0, 0.05) is 26.2 Å². The van der Waals surface area contributed by atoms with Crippen LogP contribution in [0.2, 0.25) is 0 Å². The summed E-state index contributed by atoms with van der Waals surface area (Å²) in [4.78, 5) is 2.26. The molecule has 1 aliphatic heterocycles. The van der Waals surface area contributed by atoms with Gasteiger partial charge in [-0.25, -0.2) is 4.39 Å². The van der Waals surface area contributed by atoms with Gasteiger partial charge in [0.1, 0.15) is 5.82 Å². The van der Waals surface area contributed by atoms with Crippen molar-refractivity contribution in [1.29, 1.82) is 0 Å². The number of nitrogens with zero attached hydrogens (tertiary/aromatic N) is 1. The summed E-state index contributed by atoms with van der Waals surface area (Å²) in [5, 5.41) is 13.2. The highest BCUT2D eigenvalue weighted by atomic mass is 19.1. The fraction of sp³-hybridized carbons (Fsp3) is 0.571. The summed E-state index contributed by atoms with van der Waals surface area (Å²) >= 11 is 0. The van der Waals surface area contributed by atoms with E-state index < -0.39 is 5.54 Å². The molecule has 18 heavy (non-hydrogen) atoms. The van der Waals surface area contributed by atoms with E-state index in [1.54, 1.807) is 12.1 Å². The second kappa shape index (κ2) is 5.78. The van der Waals surface area contributed by atoms with Gasteiger partial charge in [-0.3, -0.25) is 4.90 Å². The Kier molecular flexibility index (Phi) is 4.32. The first kappa shape index (κ1) is 13.5. The number of piperazine rings is 1. The lowest BCUT2D eigenvalue weighted by Gasteiger charge is -2.45. The summed E-state index contributed by atoms with van der Waals surface area (Å²) in [7, 11) is 0. The van der Waals surface area contributed by atoms with Gasteiger partial charge in [0.15, 0.2) is 0 Å². The van der Waals surface area contributed by atoms with E-state index in [1.807, 2.05) is 13.0 Å². The molecule has 1 unspecified atom stereocenters. The Morgan fingerprint density at radius 3 is 2.67 bits per heavy atom. The molecule has 0 aromatic heterocycles. The van der Waals surface area contributed by atoms with Gasteiger partial charge in [0.05, 0.1) is 12.1 Å². The van der Waals surface area contributed by atoms with E-state index in [0.29, 0.717) is 0 Å². The number of benzene rings is 1.